The van der Waals surface area contributed by atoms with Crippen LogP contribution < -0.4 is 0 Å². The Kier molecular flexibility index (Phi) is 9.32. The van der Waals surface area contributed by atoms with E-state index >= 15 is 0 Å². The molecule has 4 unspecified atom stereocenters. The van der Waals surface area contributed by atoms with Crippen LogP contribution in [0.2, 0.25) is 0 Å². The predicted octanol–water partition coefficient (Wildman–Crippen LogP) is 4.22. The molecule has 4 atom stereocenters. The third kappa shape index (κ3) is 7.34. The second-order valence-electron chi connectivity index (χ2n) is 8.69. The van der Waals surface area contributed by atoms with Gasteiger partial charge in [0.05, 0.1) is 24.4 Å². The first-order valence-corrected chi connectivity index (χ1v) is 9.33. The van der Waals surface area contributed by atoms with E-state index in [1.807, 2.05) is 13.8 Å². The van der Waals surface area contributed by atoms with Crippen molar-refractivity contribution in [3.05, 3.63) is 0 Å². The van der Waals surface area contributed by atoms with Crippen LogP contribution in [-0.2, 0) is 19.1 Å². The fourth-order valence-corrected chi connectivity index (χ4v) is 3.85. The van der Waals surface area contributed by atoms with Crippen LogP contribution in [0.15, 0.2) is 0 Å². The van der Waals surface area contributed by atoms with Gasteiger partial charge in [-0.3, -0.25) is 14.4 Å². The molecule has 0 aromatic rings. The normalized spacial score (nSPS) is 17.7. The summed E-state index contributed by atoms with van der Waals surface area (Å²) in [7, 11) is 1.32. The molecule has 6 nitrogen and oxygen atoms in total. The second-order valence-corrected chi connectivity index (χ2v) is 8.69. The summed E-state index contributed by atoms with van der Waals surface area (Å²) in [6.07, 6.45) is 2.71. The summed E-state index contributed by atoms with van der Waals surface area (Å²) < 4.78 is 4.92. The lowest BCUT2D eigenvalue weighted by atomic mass is 9.70. The first kappa shape index (κ1) is 24.4. The zero-order valence-corrected chi connectivity index (χ0v) is 17.3. The molecule has 0 rings (SSSR count). The lowest BCUT2D eigenvalue weighted by Gasteiger charge is -2.35. The maximum Gasteiger partial charge on any atom is 0.311 e. The van der Waals surface area contributed by atoms with Gasteiger partial charge in [-0.2, -0.15) is 0 Å². The maximum absolute atomic E-state index is 12.3. The molecule has 2 N–H and O–H groups in total. The number of ether oxygens (including phenoxy) is 1. The number of methoxy groups -OCH3 is 1. The first-order valence-electron chi connectivity index (χ1n) is 9.33. The van der Waals surface area contributed by atoms with Gasteiger partial charge in [0.1, 0.15) is 0 Å². The molecule has 152 valence electrons. The van der Waals surface area contributed by atoms with E-state index in [4.69, 9.17) is 4.74 Å². The average Bonchev–Trinajstić information content (AvgIpc) is 2.51. The van der Waals surface area contributed by atoms with Crippen LogP contribution in [0.25, 0.3) is 0 Å². The molecule has 0 saturated carbocycles. The molecule has 0 aliphatic rings. The highest BCUT2D eigenvalue weighted by molar-refractivity contribution is 5.78. The molecular weight excluding hydrogens is 336 g/mol. The van der Waals surface area contributed by atoms with Gasteiger partial charge in [0.2, 0.25) is 0 Å². The number of esters is 1. The number of hydrogen-bond acceptors (Lipinski definition) is 4. The SMILES string of the molecule is CCC(C(=O)O)C(C)CC(C)(C)CCC(C)(CC(C)C(=O)O)C(=O)OC. The molecule has 26 heavy (non-hydrogen) atoms. The predicted molar refractivity (Wildman–Crippen MR) is 99.8 cm³/mol. The molecular formula is C20H36O6. The van der Waals surface area contributed by atoms with Crippen LogP contribution in [0.5, 0.6) is 0 Å². The number of carbonyl (C=O) groups is 3. The van der Waals surface area contributed by atoms with Crippen molar-refractivity contribution in [2.75, 3.05) is 7.11 Å². The van der Waals surface area contributed by atoms with Crippen LogP contribution in [0, 0.1) is 28.6 Å². The monoisotopic (exact) mass is 372 g/mol. The van der Waals surface area contributed by atoms with E-state index in [-0.39, 0.29) is 23.7 Å². The zero-order chi connectivity index (χ0) is 20.7. The second kappa shape index (κ2) is 9.93. The first-order chi connectivity index (χ1) is 11.8. The topological polar surface area (TPSA) is 101 Å². The Labute approximate surface area is 157 Å². The highest BCUT2D eigenvalue weighted by Gasteiger charge is 2.39. The van der Waals surface area contributed by atoms with Crippen molar-refractivity contribution in [2.45, 2.75) is 73.6 Å². The van der Waals surface area contributed by atoms with E-state index < -0.39 is 29.2 Å². The lowest BCUT2D eigenvalue weighted by molar-refractivity contribution is -0.155. The van der Waals surface area contributed by atoms with Crippen LogP contribution in [0.3, 0.4) is 0 Å². The summed E-state index contributed by atoms with van der Waals surface area (Å²) in [6.45, 7) is 11.3. The molecule has 0 aromatic heterocycles. The number of carboxylic acid groups (broad SMARTS) is 2. The van der Waals surface area contributed by atoms with Crippen LogP contribution in [-0.4, -0.2) is 35.2 Å². The minimum absolute atomic E-state index is 0.0230. The molecule has 0 amide bonds. The van der Waals surface area contributed by atoms with Crippen molar-refractivity contribution >= 4 is 17.9 Å². The van der Waals surface area contributed by atoms with Crippen LogP contribution >= 0.6 is 0 Å². The number of hydrogen-bond donors (Lipinski definition) is 2. The van der Waals surface area contributed by atoms with Crippen molar-refractivity contribution in [2.24, 2.45) is 28.6 Å². The number of aliphatic carboxylic acids is 2. The van der Waals surface area contributed by atoms with E-state index in [0.29, 0.717) is 19.3 Å². The van der Waals surface area contributed by atoms with E-state index in [2.05, 4.69) is 13.8 Å². The van der Waals surface area contributed by atoms with Crippen molar-refractivity contribution in [3.8, 4) is 0 Å². The Morgan fingerprint density at radius 1 is 0.962 bits per heavy atom. The molecule has 0 fully saturated rings. The summed E-state index contributed by atoms with van der Waals surface area (Å²) in [5, 5.41) is 18.5. The van der Waals surface area contributed by atoms with Gasteiger partial charge in [-0.25, -0.2) is 0 Å². The van der Waals surface area contributed by atoms with Gasteiger partial charge in [-0.15, -0.1) is 0 Å². The number of carbonyl (C=O) groups excluding carboxylic acids is 1. The average molecular weight is 373 g/mol. The smallest absolute Gasteiger partial charge is 0.311 e. The molecule has 0 heterocycles. The van der Waals surface area contributed by atoms with E-state index in [1.54, 1.807) is 13.8 Å². The Balaban J connectivity index is 5.11. The van der Waals surface area contributed by atoms with Gasteiger partial charge in [0, 0.05) is 0 Å². The standard InChI is InChI=1S/C20H36O6/c1-8-15(17(23)24)13(2)11-19(4,5)9-10-20(6,18(25)26-7)12-14(3)16(21)22/h13-15H,8-12H2,1-7H3,(H,21,22)(H,23,24). The highest BCUT2D eigenvalue weighted by atomic mass is 16.5. The Bertz CT molecular complexity index is 499. The third-order valence-corrected chi connectivity index (χ3v) is 5.53. The fraction of sp³-hybridized carbons (Fsp3) is 0.850. The molecule has 0 aliphatic heterocycles. The minimum atomic E-state index is -0.930. The van der Waals surface area contributed by atoms with Gasteiger partial charge >= 0.3 is 17.9 Å². The Morgan fingerprint density at radius 2 is 1.50 bits per heavy atom. The third-order valence-electron chi connectivity index (χ3n) is 5.53. The number of carboxylic acids is 2. The van der Waals surface area contributed by atoms with Gasteiger partial charge in [-0.05, 0) is 50.4 Å². The molecule has 6 heteroatoms. The van der Waals surface area contributed by atoms with E-state index in [9.17, 15) is 24.6 Å². The van der Waals surface area contributed by atoms with Crippen molar-refractivity contribution in [1.29, 1.82) is 0 Å². The summed E-state index contributed by atoms with van der Waals surface area (Å²) in [4.78, 5) is 34.9. The Morgan fingerprint density at radius 3 is 1.88 bits per heavy atom. The van der Waals surface area contributed by atoms with Crippen molar-refractivity contribution < 1.29 is 29.3 Å². The molecule has 0 spiro atoms. The van der Waals surface area contributed by atoms with Gasteiger partial charge < -0.3 is 14.9 Å². The van der Waals surface area contributed by atoms with Crippen LogP contribution in [0.1, 0.15) is 73.6 Å². The zero-order valence-electron chi connectivity index (χ0n) is 17.3. The molecule has 0 aliphatic carbocycles. The van der Waals surface area contributed by atoms with E-state index in [1.165, 1.54) is 7.11 Å². The maximum atomic E-state index is 12.3. The summed E-state index contributed by atoms with van der Waals surface area (Å²) in [5.74, 6) is -3.10. The van der Waals surface area contributed by atoms with Gasteiger partial charge in [0.25, 0.3) is 0 Å². The van der Waals surface area contributed by atoms with Gasteiger partial charge in [0.15, 0.2) is 0 Å². The van der Waals surface area contributed by atoms with E-state index in [0.717, 1.165) is 6.42 Å². The van der Waals surface area contributed by atoms with Gasteiger partial charge in [-0.1, -0.05) is 34.6 Å². The largest absolute Gasteiger partial charge is 0.481 e. The molecule has 0 saturated heterocycles. The van der Waals surface area contributed by atoms with Crippen molar-refractivity contribution in [3.63, 3.8) is 0 Å². The molecule has 0 aromatic carbocycles. The molecule has 0 radical (unpaired) electrons. The lowest BCUT2D eigenvalue weighted by Crippen LogP contribution is -2.35. The highest BCUT2D eigenvalue weighted by Crippen LogP contribution is 2.41. The summed E-state index contributed by atoms with van der Waals surface area (Å²) in [5.41, 5.74) is -1.03. The fourth-order valence-electron chi connectivity index (χ4n) is 3.85. The number of rotatable bonds is 12. The quantitative estimate of drug-likeness (QED) is 0.497. The summed E-state index contributed by atoms with van der Waals surface area (Å²) in [6, 6.07) is 0. The Hall–Kier alpha value is -1.59. The summed E-state index contributed by atoms with van der Waals surface area (Å²) >= 11 is 0. The molecule has 0 bridgehead atoms. The van der Waals surface area contributed by atoms with Crippen LogP contribution in [0.4, 0.5) is 0 Å². The minimum Gasteiger partial charge on any atom is -0.481 e. The van der Waals surface area contributed by atoms with Crippen molar-refractivity contribution in [1.82, 2.24) is 0 Å².